The molecule has 3 heterocycles. The molecule has 3 rings (SSSR count). The highest BCUT2D eigenvalue weighted by molar-refractivity contribution is 5.88. The van der Waals surface area contributed by atoms with Crippen LogP contribution >= 0.6 is 0 Å². The maximum atomic E-state index is 12.3. The van der Waals surface area contributed by atoms with Gasteiger partial charge in [-0.2, -0.15) is 0 Å². The van der Waals surface area contributed by atoms with Crippen LogP contribution in [0, 0.1) is 13.8 Å². The van der Waals surface area contributed by atoms with Crippen molar-refractivity contribution in [2.45, 2.75) is 32.7 Å². The number of imidazole rings is 1. The van der Waals surface area contributed by atoms with E-state index in [1.807, 2.05) is 43.4 Å². The third-order valence-corrected chi connectivity index (χ3v) is 4.03. The second-order valence-corrected chi connectivity index (χ2v) is 5.83. The fourth-order valence-electron chi connectivity index (χ4n) is 2.95. The maximum Gasteiger partial charge on any atom is 0.323 e. The number of carbonyl (C=O) groups excluding carboxylic acids is 1. The summed E-state index contributed by atoms with van der Waals surface area (Å²) in [4.78, 5) is 22.6. The number of nitrogens with zero attached hydrogens (tertiary/aromatic N) is 4. The molecule has 1 saturated heterocycles. The van der Waals surface area contributed by atoms with Gasteiger partial charge in [-0.25, -0.2) is 14.8 Å². The van der Waals surface area contributed by atoms with Gasteiger partial charge < -0.3 is 9.47 Å². The van der Waals surface area contributed by atoms with E-state index >= 15 is 0 Å². The summed E-state index contributed by atoms with van der Waals surface area (Å²) in [5.74, 6) is 0.624. The summed E-state index contributed by atoms with van der Waals surface area (Å²) in [6.07, 6.45) is 7.53. The number of likely N-dealkylation sites (tertiary alicyclic amines) is 1. The molecule has 2 aromatic rings. The fourth-order valence-corrected chi connectivity index (χ4v) is 2.95. The fraction of sp³-hybridized carbons (Fsp3) is 0.438. The molecule has 116 valence electrons. The number of amides is 2. The van der Waals surface area contributed by atoms with Crippen LogP contribution in [-0.2, 0) is 0 Å². The Hall–Kier alpha value is -2.37. The van der Waals surface area contributed by atoms with Gasteiger partial charge in [0, 0.05) is 37.2 Å². The molecule has 6 nitrogen and oxygen atoms in total. The highest BCUT2D eigenvalue weighted by atomic mass is 16.2. The van der Waals surface area contributed by atoms with Crippen molar-refractivity contribution in [3.05, 3.63) is 42.1 Å². The topological polar surface area (TPSA) is 63.1 Å². The minimum atomic E-state index is -0.0680. The lowest BCUT2D eigenvalue weighted by molar-refractivity contribution is 0.183. The van der Waals surface area contributed by atoms with Crippen molar-refractivity contribution in [3.63, 3.8) is 0 Å². The van der Waals surface area contributed by atoms with Gasteiger partial charge in [-0.15, -0.1) is 0 Å². The van der Waals surface area contributed by atoms with E-state index in [0.29, 0.717) is 11.9 Å². The molecule has 2 amide bonds. The minimum absolute atomic E-state index is 0.0680. The highest BCUT2D eigenvalue weighted by Crippen LogP contribution is 2.22. The van der Waals surface area contributed by atoms with E-state index in [1.165, 1.54) is 0 Å². The normalized spacial score (nSPS) is 15.8. The Balaban J connectivity index is 1.58. The molecular weight excluding hydrogens is 278 g/mol. The Morgan fingerprint density at radius 1 is 1.27 bits per heavy atom. The second-order valence-electron chi connectivity index (χ2n) is 5.83. The number of pyridine rings is 1. The van der Waals surface area contributed by atoms with Crippen LogP contribution < -0.4 is 5.32 Å². The minimum Gasteiger partial charge on any atom is -0.334 e. The van der Waals surface area contributed by atoms with Crippen molar-refractivity contribution >= 4 is 11.8 Å². The zero-order valence-electron chi connectivity index (χ0n) is 13.0. The zero-order valence-corrected chi connectivity index (χ0v) is 13.0. The van der Waals surface area contributed by atoms with Gasteiger partial charge in [0.15, 0.2) is 0 Å². The second kappa shape index (κ2) is 6.17. The molecule has 0 radical (unpaired) electrons. The number of carbonyl (C=O) groups is 1. The first-order chi connectivity index (χ1) is 10.6. The molecule has 0 bridgehead atoms. The van der Waals surface area contributed by atoms with Crippen molar-refractivity contribution in [1.82, 2.24) is 19.4 Å². The number of rotatable bonds is 2. The van der Waals surface area contributed by atoms with Gasteiger partial charge in [0.2, 0.25) is 0 Å². The predicted octanol–water partition coefficient (Wildman–Crippen LogP) is 2.76. The third-order valence-electron chi connectivity index (χ3n) is 4.03. The van der Waals surface area contributed by atoms with E-state index in [9.17, 15) is 4.79 Å². The molecule has 0 saturated carbocycles. The van der Waals surface area contributed by atoms with Gasteiger partial charge >= 0.3 is 6.03 Å². The first kappa shape index (κ1) is 14.6. The average Bonchev–Trinajstić information content (AvgIpc) is 3.00. The molecule has 0 aliphatic carbocycles. The molecule has 1 fully saturated rings. The van der Waals surface area contributed by atoms with E-state index in [2.05, 4.69) is 19.9 Å². The van der Waals surface area contributed by atoms with Crippen LogP contribution in [0.15, 0.2) is 30.9 Å². The number of aryl methyl sites for hydroxylation is 2. The van der Waals surface area contributed by atoms with Gasteiger partial charge in [-0.1, -0.05) is 0 Å². The number of hydrogen-bond acceptors (Lipinski definition) is 3. The molecule has 1 N–H and O–H groups in total. The van der Waals surface area contributed by atoms with Crippen LogP contribution in [0.1, 0.15) is 30.1 Å². The summed E-state index contributed by atoms with van der Waals surface area (Å²) in [6, 6.07) is 4.25. The molecule has 1 aliphatic heterocycles. The Morgan fingerprint density at radius 2 is 2.05 bits per heavy atom. The summed E-state index contributed by atoms with van der Waals surface area (Å²) < 4.78 is 2.13. The number of aromatic nitrogens is 3. The Morgan fingerprint density at radius 3 is 2.68 bits per heavy atom. The third kappa shape index (κ3) is 3.27. The zero-order chi connectivity index (χ0) is 15.5. The summed E-state index contributed by atoms with van der Waals surface area (Å²) in [6.45, 7) is 5.43. The molecule has 2 aromatic heterocycles. The van der Waals surface area contributed by atoms with Gasteiger partial charge in [0.25, 0.3) is 0 Å². The molecule has 0 spiro atoms. The van der Waals surface area contributed by atoms with Gasteiger partial charge in [0.05, 0.1) is 6.33 Å². The summed E-state index contributed by atoms with van der Waals surface area (Å²) in [5, 5.41) is 2.90. The van der Waals surface area contributed by atoms with Gasteiger partial charge in [-0.3, -0.25) is 5.32 Å². The molecule has 0 unspecified atom stereocenters. The van der Waals surface area contributed by atoms with Crippen LogP contribution in [0.25, 0.3) is 0 Å². The molecule has 1 aliphatic rings. The summed E-state index contributed by atoms with van der Waals surface area (Å²) in [5.41, 5.74) is 2.01. The predicted molar refractivity (Wildman–Crippen MR) is 84.8 cm³/mol. The van der Waals surface area contributed by atoms with E-state index in [0.717, 1.165) is 37.2 Å². The van der Waals surface area contributed by atoms with Crippen molar-refractivity contribution in [1.29, 1.82) is 0 Å². The summed E-state index contributed by atoms with van der Waals surface area (Å²) in [7, 11) is 0. The van der Waals surface area contributed by atoms with E-state index in [4.69, 9.17) is 0 Å². The van der Waals surface area contributed by atoms with Crippen molar-refractivity contribution < 1.29 is 4.79 Å². The molecular formula is C16H21N5O. The highest BCUT2D eigenvalue weighted by Gasteiger charge is 2.23. The molecule has 6 heteroatoms. The van der Waals surface area contributed by atoms with Crippen LogP contribution in [-0.4, -0.2) is 38.6 Å². The van der Waals surface area contributed by atoms with Crippen molar-refractivity contribution in [3.8, 4) is 0 Å². The smallest absolute Gasteiger partial charge is 0.323 e. The van der Waals surface area contributed by atoms with Crippen LogP contribution in [0.2, 0.25) is 0 Å². The molecule has 0 atom stereocenters. The first-order valence-corrected chi connectivity index (χ1v) is 7.60. The SMILES string of the molecule is Cc1cc(C)nc(NC(=O)N2CCC(n3ccnc3)CC2)c1. The maximum absolute atomic E-state index is 12.3. The lowest BCUT2D eigenvalue weighted by Gasteiger charge is -2.32. The van der Waals surface area contributed by atoms with E-state index in [-0.39, 0.29) is 6.03 Å². The Kier molecular flexibility index (Phi) is 4.09. The van der Waals surface area contributed by atoms with Crippen LogP contribution in [0.4, 0.5) is 10.6 Å². The number of hydrogen-bond donors (Lipinski definition) is 1. The number of nitrogens with one attached hydrogen (secondary N) is 1. The number of piperidine rings is 1. The lowest BCUT2D eigenvalue weighted by atomic mass is 10.1. The Bertz CT molecular complexity index is 624. The first-order valence-electron chi connectivity index (χ1n) is 7.60. The molecule has 0 aromatic carbocycles. The number of anilines is 1. The molecule has 22 heavy (non-hydrogen) atoms. The van der Waals surface area contributed by atoms with Crippen LogP contribution in [0.3, 0.4) is 0 Å². The largest absolute Gasteiger partial charge is 0.334 e. The monoisotopic (exact) mass is 299 g/mol. The quantitative estimate of drug-likeness (QED) is 0.927. The number of urea groups is 1. The summed E-state index contributed by atoms with van der Waals surface area (Å²) >= 11 is 0. The average molecular weight is 299 g/mol. The van der Waals surface area contributed by atoms with Crippen molar-refractivity contribution in [2.75, 3.05) is 18.4 Å². The van der Waals surface area contributed by atoms with E-state index in [1.54, 1.807) is 6.20 Å². The van der Waals surface area contributed by atoms with E-state index < -0.39 is 0 Å². The van der Waals surface area contributed by atoms with Gasteiger partial charge in [0.1, 0.15) is 5.82 Å². The Labute approximate surface area is 130 Å². The lowest BCUT2D eigenvalue weighted by Crippen LogP contribution is -2.41. The van der Waals surface area contributed by atoms with Crippen LogP contribution in [0.5, 0.6) is 0 Å². The van der Waals surface area contributed by atoms with Gasteiger partial charge in [-0.05, 0) is 44.4 Å². The van der Waals surface area contributed by atoms with Crippen molar-refractivity contribution in [2.24, 2.45) is 0 Å². The standard InChI is InChI=1S/C16H21N5O/c1-12-9-13(2)18-15(10-12)19-16(22)20-6-3-14(4-7-20)21-8-5-17-11-21/h5,8-11,14H,3-4,6-7H2,1-2H3,(H,18,19,22).